The average molecular weight is 452 g/mol. The van der Waals surface area contributed by atoms with E-state index in [9.17, 15) is 9.59 Å². The molecule has 4 rings (SSSR count). The van der Waals surface area contributed by atoms with Crippen LogP contribution < -0.4 is 15.6 Å². The minimum absolute atomic E-state index is 0.155. The van der Waals surface area contributed by atoms with Crippen molar-refractivity contribution < 1.29 is 9.53 Å². The monoisotopic (exact) mass is 451 g/mol. The molecular formula is C23H22ClN5O3. The summed E-state index contributed by atoms with van der Waals surface area (Å²) in [5.74, 6) is 0.127. The number of hydrogen-bond donors (Lipinski definition) is 1. The maximum atomic E-state index is 12.9. The van der Waals surface area contributed by atoms with Crippen LogP contribution in [0.25, 0.3) is 11.0 Å². The minimum Gasteiger partial charge on any atom is -0.496 e. The van der Waals surface area contributed by atoms with E-state index in [1.807, 2.05) is 31.2 Å². The second-order valence-electron chi connectivity index (χ2n) is 7.31. The van der Waals surface area contributed by atoms with Gasteiger partial charge in [0.05, 0.1) is 32.0 Å². The van der Waals surface area contributed by atoms with Crippen molar-refractivity contribution in [2.45, 2.75) is 20.0 Å². The zero-order valence-corrected chi connectivity index (χ0v) is 18.5. The van der Waals surface area contributed by atoms with Gasteiger partial charge in [0, 0.05) is 11.6 Å². The van der Waals surface area contributed by atoms with Gasteiger partial charge in [0.25, 0.3) is 11.5 Å². The molecule has 2 aromatic heterocycles. The summed E-state index contributed by atoms with van der Waals surface area (Å²) in [6.07, 6.45) is 3.05. The number of methoxy groups -OCH3 is 1. The lowest BCUT2D eigenvalue weighted by Crippen LogP contribution is -2.28. The Bertz CT molecular complexity index is 1350. The summed E-state index contributed by atoms with van der Waals surface area (Å²) in [7, 11) is 1.49. The molecule has 0 atom stereocenters. The summed E-state index contributed by atoms with van der Waals surface area (Å²) in [6, 6.07) is 12.8. The molecule has 32 heavy (non-hydrogen) atoms. The number of rotatable bonds is 7. The first-order valence-corrected chi connectivity index (χ1v) is 10.4. The third-order valence-electron chi connectivity index (χ3n) is 5.24. The van der Waals surface area contributed by atoms with E-state index < -0.39 is 0 Å². The summed E-state index contributed by atoms with van der Waals surface area (Å²) < 4.78 is 8.40. The number of aryl methyl sites for hydroxylation is 1. The molecule has 9 heteroatoms. The van der Waals surface area contributed by atoms with Crippen LogP contribution in [-0.4, -0.2) is 38.9 Å². The molecule has 0 bridgehead atoms. The topological polar surface area (TPSA) is 91.0 Å². The highest BCUT2D eigenvalue weighted by Crippen LogP contribution is 2.22. The van der Waals surface area contributed by atoms with Crippen LogP contribution in [-0.2, 0) is 13.1 Å². The third-order valence-corrected chi connectivity index (χ3v) is 5.47. The number of halogens is 1. The zero-order valence-electron chi connectivity index (χ0n) is 17.7. The van der Waals surface area contributed by atoms with Crippen LogP contribution in [0.1, 0.15) is 21.5 Å². The number of benzene rings is 2. The molecule has 0 saturated carbocycles. The van der Waals surface area contributed by atoms with Crippen LogP contribution in [0.15, 0.2) is 59.8 Å². The Hall–Kier alpha value is -3.65. The van der Waals surface area contributed by atoms with E-state index in [0.717, 1.165) is 11.1 Å². The molecular weight excluding hydrogens is 430 g/mol. The molecule has 2 heterocycles. The standard InChI is InChI=1S/C23H22ClN5O3/c1-15-5-3-4-6-16(15)13-28-14-26-21-19(23(28)31)12-27-29(21)10-9-25-22(30)18-11-17(24)7-8-20(18)32-2/h3-8,11-12,14H,9-10,13H2,1-2H3,(H,25,30). The molecule has 0 aliphatic heterocycles. The van der Waals surface area contributed by atoms with Gasteiger partial charge in [-0.3, -0.25) is 14.2 Å². The minimum atomic E-state index is -0.311. The summed E-state index contributed by atoms with van der Waals surface area (Å²) in [4.78, 5) is 29.9. The largest absolute Gasteiger partial charge is 0.496 e. The molecule has 0 fully saturated rings. The fourth-order valence-corrected chi connectivity index (χ4v) is 3.65. The van der Waals surface area contributed by atoms with Gasteiger partial charge in [-0.2, -0.15) is 5.10 Å². The van der Waals surface area contributed by atoms with E-state index in [1.54, 1.807) is 27.4 Å². The molecule has 0 saturated heterocycles. The predicted molar refractivity (Wildman–Crippen MR) is 122 cm³/mol. The smallest absolute Gasteiger partial charge is 0.264 e. The average Bonchev–Trinajstić information content (AvgIpc) is 3.20. The predicted octanol–water partition coefficient (Wildman–Crippen LogP) is 3.04. The van der Waals surface area contributed by atoms with Crippen LogP contribution in [0.5, 0.6) is 5.75 Å². The van der Waals surface area contributed by atoms with Gasteiger partial charge in [-0.15, -0.1) is 0 Å². The Morgan fingerprint density at radius 2 is 2.03 bits per heavy atom. The SMILES string of the molecule is COc1ccc(Cl)cc1C(=O)NCCn1ncc2c(=O)n(Cc3ccccc3C)cnc21. The Kier molecular flexibility index (Phi) is 6.23. The molecule has 0 spiro atoms. The molecule has 8 nitrogen and oxygen atoms in total. The quantitative estimate of drug-likeness (QED) is 0.466. The number of aromatic nitrogens is 4. The highest BCUT2D eigenvalue weighted by Gasteiger charge is 2.14. The van der Waals surface area contributed by atoms with Crippen molar-refractivity contribution in [1.29, 1.82) is 0 Å². The molecule has 0 radical (unpaired) electrons. The molecule has 4 aromatic rings. The number of nitrogens with zero attached hydrogens (tertiary/aromatic N) is 4. The van der Waals surface area contributed by atoms with Crippen LogP contribution >= 0.6 is 11.6 Å². The van der Waals surface area contributed by atoms with Gasteiger partial charge in [0.15, 0.2) is 5.65 Å². The van der Waals surface area contributed by atoms with Crippen molar-refractivity contribution in [3.8, 4) is 5.75 Å². The fraction of sp³-hybridized carbons (Fsp3) is 0.217. The van der Waals surface area contributed by atoms with Gasteiger partial charge < -0.3 is 10.1 Å². The third kappa shape index (κ3) is 4.36. The molecule has 164 valence electrons. The maximum Gasteiger partial charge on any atom is 0.264 e. The van der Waals surface area contributed by atoms with Crippen molar-refractivity contribution in [2.24, 2.45) is 0 Å². The fourth-order valence-electron chi connectivity index (χ4n) is 3.47. The van der Waals surface area contributed by atoms with Crippen molar-refractivity contribution in [3.63, 3.8) is 0 Å². The lowest BCUT2D eigenvalue weighted by atomic mass is 10.1. The highest BCUT2D eigenvalue weighted by molar-refractivity contribution is 6.31. The number of amides is 1. The first kappa shape index (κ1) is 21.6. The van der Waals surface area contributed by atoms with E-state index in [4.69, 9.17) is 16.3 Å². The number of fused-ring (bicyclic) bond motifs is 1. The first-order chi connectivity index (χ1) is 15.5. The summed E-state index contributed by atoms with van der Waals surface area (Å²) in [5, 5.41) is 7.98. The van der Waals surface area contributed by atoms with Crippen molar-refractivity contribution in [2.75, 3.05) is 13.7 Å². The van der Waals surface area contributed by atoms with E-state index in [0.29, 0.717) is 47.0 Å². The van der Waals surface area contributed by atoms with Gasteiger partial charge in [0.1, 0.15) is 17.5 Å². The van der Waals surface area contributed by atoms with Crippen molar-refractivity contribution in [1.82, 2.24) is 24.6 Å². The van der Waals surface area contributed by atoms with Crippen molar-refractivity contribution >= 4 is 28.5 Å². The summed E-state index contributed by atoms with van der Waals surface area (Å²) >= 11 is 6.00. The van der Waals surface area contributed by atoms with E-state index >= 15 is 0 Å². The van der Waals surface area contributed by atoms with Crippen LogP contribution in [0, 0.1) is 6.92 Å². The van der Waals surface area contributed by atoms with E-state index in [1.165, 1.54) is 19.6 Å². The summed E-state index contributed by atoms with van der Waals surface area (Å²) in [5.41, 5.74) is 2.84. The van der Waals surface area contributed by atoms with Gasteiger partial charge in [-0.25, -0.2) is 9.67 Å². The molecule has 1 amide bonds. The van der Waals surface area contributed by atoms with Gasteiger partial charge in [-0.05, 0) is 36.2 Å². The second-order valence-corrected chi connectivity index (χ2v) is 7.75. The molecule has 0 aliphatic carbocycles. The first-order valence-electron chi connectivity index (χ1n) is 10.0. The van der Waals surface area contributed by atoms with E-state index in [-0.39, 0.29) is 11.5 Å². The van der Waals surface area contributed by atoms with Crippen LogP contribution in [0.3, 0.4) is 0 Å². The normalized spacial score (nSPS) is 11.0. The molecule has 0 aliphatic rings. The summed E-state index contributed by atoms with van der Waals surface area (Å²) in [6.45, 7) is 3.10. The molecule has 2 aromatic carbocycles. The number of carbonyl (C=O) groups excluding carboxylic acids is 1. The highest BCUT2D eigenvalue weighted by atomic mass is 35.5. The Balaban J connectivity index is 1.47. The maximum absolute atomic E-state index is 12.9. The van der Waals surface area contributed by atoms with Crippen molar-refractivity contribution in [3.05, 3.63) is 87.1 Å². The zero-order chi connectivity index (χ0) is 22.7. The number of ether oxygens (including phenoxy) is 1. The van der Waals surface area contributed by atoms with Gasteiger partial charge >= 0.3 is 0 Å². The number of carbonyl (C=O) groups is 1. The Morgan fingerprint density at radius 3 is 2.81 bits per heavy atom. The van der Waals surface area contributed by atoms with E-state index in [2.05, 4.69) is 15.4 Å². The number of nitrogens with one attached hydrogen (secondary N) is 1. The Labute approximate surface area is 189 Å². The van der Waals surface area contributed by atoms with Crippen LogP contribution in [0.2, 0.25) is 5.02 Å². The number of hydrogen-bond acceptors (Lipinski definition) is 5. The Morgan fingerprint density at radius 1 is 1.22 bits per heavy atom. The second kappa shape index (κ2) is 9.23. The van der Waals surface area contributed by atoms with Crippen LogP contribution in [0.4, 0.5) is 0 Å². The van der Waals surface area contributed by atoms with Gasteiger partial charge in [-0.1, -0.05) is 35.9 Å². The lowest BCUT2D eigenvalue weighted by Gasteiger charge is -2.10. The van der Waals surface area contributed by atoms with Gasteiger partial charge in [0.2, 0.25) is 0 Å². The molecule has 0 unspecified atom stereocenters. The molecule has 1 N–H and O–H groups in total. The lowest BCUT2D eigenvalue weighted by molar-refractivity contribution is 0.0949.